The van der Waals surface area contributed by atoms with E-state index >= 15 is 4.79 Å². The predicted molar refractivity (Wildman–Crippen MR) is 167 cm³/mol. The van der Waals surface area contributed by atoms with Crippen LogP contribution in [0.4, 0.5) is 10.1 Å². The standard InChI is InChI=1S/C39H26FNO3/c40-29-21-23-30(24-22-29)41-35(42)33-34(36(41)43)39(28-19-11-4-12-20-28)32(26-15-7-2-8-16-26)31(25-13-5-1-6-14-25)38(33,37(39)44)27-17-9-3-10-18-27/h1-24,33-34H/t33-,34+,38-,39-/m1/s1. The maximum Gasteiger partial charge on any atom is 0.239 e. The second-order valence-electron chi connectivity index (χ2n) is 11.6. The first kappa shape index (κ1) is 26.2. The maximum atomic E-state index is 15.8. The number of carbonyl (C=O) groups excluding carboxylic acids is 3. The third-order valence-electron chi connectivity index (χ3n) is 9.66. The molecule has 5 aromatic carbocycles. The lowest BCUT2D eigenvalue weighted by Gasteiger charge is -2.39. The van der Waals surface area contributed by atoms with E-state index in [2.05, 4.69) is 0 Å². The number of rotatable bonds is 5. The van der Waals surface area contributed by atoms with Crippen molar-refractivity contribution in [3.8, 4) is 0 Å². The van der Waals surface area contributed by atoms with Crippen molar-refractivity contribution in [2.24, 2.45) is 11.8 Å². The maximum absolute atomic E-state index is 15.8. The minimum Gasteiger partial charge on any atom is -0.297 e. The van der Waals surface area contributed by atoms with Gasteiger partial charge in [-0.1, -0.05) is 121 Å². The van der Waals surface area contributed by atoms with Crippen molar-refractivity contribution in [1.82, 2.24) is 0 Å². The largest absolute Gasteiger partial charge is 0.297 e. The van der Waals surface area contributed by atoms with E-state index in [4.69, 9.17) is 0 Å². The highest BCUT2D eigenvalue weighted by atomic mass is 19.1. The second kappa shape index (κ2) is 9.55. The van der Waals surface area contributed by atoms with Gasteiger partial charge in [-0.05, 0) is 57.7 Å². The van der Waals surface area contributed by atoms with Crippen LogP contribution in [0.15, 0.2) is 146 Å². The molecule has 1 saturated heterocycles. The van der Waals surface area contributed by atoms with Crippen LogP contribution in [0.5, 0.6) is 0 Å². The molecule has 5 aromatic rings. The van der Waals surface area contributed by atoms with Gasteiger partial charge in [-0.25, -0.2) is 9.29 Å². The van der Waals surface area contributed by atoms with Crippen molar-refractivity contribution < 1.29 is 18.8 Å². The number of imide groups is 1. The Balaban J connectivity index is 1.55. The normalized spacial score (nSPS) is 25.6. The number of allylic oxidation sites excluding steroid dienone is 2. The van der Waals surface area contributed by atoms with Crippen LogP contribution in [0, 0.1) is 17.7 Å². The van der Waals surface area contributed by atoms with E-state index in [0.29, 0.717) is 11.1 Å². The number of halogens is 1. The zero-order valence-electron chi connectivity index (χ0n) is 23.6. The van der Waals surface area contributed by atoms with Crippen molar-refractivity contribution in [1.29, 1.82) is 0 Å². The number of anilines is 1. The van der Waals surface area contributed by atoms with Gasteiger partial charge in [0.15, 0.2) is 5.78 Å². The Bertz CT molecular complexity index is 1850. The summed E-state index contributed by atoms with van der Waals surface area (Å²) < 4.78 is 14.0. The number of amides is 2. The van der Waals surface area contributed by atoms with Crippen molar-refractivity contribution in [2.75, 3.05) is 4.90 Å². The molecule has 4 atom stereocenters. The van der Waals surface area contributed by atoms with Crippen molar-refractivity contribution in [3.05, 3.63) is 174 Å². The van der Waals surface area contributed by atoms with Crippen LogP contribution in [0.25, 0.3) is 11.1 Å². The topological polar surface area (TPSA) is 54.5 Å². The Morgan fingerprint density at radius 2 is 0.841 bits per heavy atom. The number of Topliss-reactive ketones (excluding diaryl/α,β-unsaturated/α-hetero) is 1. The molecule has 2 aliphatic carbocycles. The highest BCUT2D eigenvalue weighted by Crippen LogP contribution is 2.74. The SMILES string of the molecule is O=C1[C@@H]2[C@H](C(=O)N1c1ccc(F)cc1)[C@]1(c3ccccc3)C(=O)[C@]2(c2ccccc2)C(c2ccccc2)=C1c1ccccc1. The fourth-order valence-electron chi connectivity index (χ4n) is 8.18. The van der Waals surface area contributed by atoms with E-state index in [1.807, 2.05) is 121 Å². The molecular weight excluding hydrogens is 549 g/mol. The fourth-order valence-corrected chi connectivity index (χ4v) is 8.18. The molecule has 1 heterocycles. The lowest BCUT2D eigenvalue weighted by Crippen LogP contribution is -2.45. The van der Waals surface area contributed by atoms with Crippen LogP contribution in [0.1, 0.15) is 22.3 Å². The van der Waals surface area contributed by atoms with E-state index in [9.17, 15) is 14.0 Å². The summed E-state index contributed by atoms with van der Waals surface area (Å²) in [5.41, 5.74) is 1.83. The molecule has 0 radical (unpaired) electrons. The second-order valence-corrected chi connectivity index (χ2v) is 11.6. The summed E-state index contributed by atoms with van der Waals surface area (Å²) >= 11 is 0. The van der Waals surface area contributed by atoms with Gasteiger partial charge < -0.3 is 0 Å². The molecule has 1 aliphatic heterocycles. The lowest BCUT2D eigenvalue weighted by atomic mass is 9.59. The molecule has 2 amide bonds. The zero-order chi connectivity index (χ0) is 30.1. The Kier molecular flexibility index (Phi) is 5.69. The third-order valence-corrected chi connectivity index (χ3v) is 9.66. The third kappa shape index (κ3) is 3.18. The molecule has 8 rings (SSSR count). The van der Waals surface area contributed by atoms with Crippen LogP contribution < -0.4 is 4.90 Å². The van der Waals surface area contributed by atoms with E-state index in [-0.39, 0.29) is 11.5 Å². The van der Waals surface area contributed by atoms with E-state index in [0.717, 1.165) is 22.3 Å². The number of nitrogens with zero attached hydrogens (tertiary/aromatic N) is 1. The first-order valence-electron chi connectivity index (χ1n) is 14.7. The van der Waals surface area contributed by atoms with Gasteiger partial charge in [0.25, 0.3) is 0 Å². The first-order chi connectivity index (χ1) is 21.5. The van der Waals surface area contributed by atoms with Crippen LogP contribution in [0.3, 0.4) is 0 Å². The van der Waals surface area contributed by atoms with Crippen LogP contribution in [-0.2, 0) is 25.2 Å². The molecule has 44 heavy (non-hydrogen) atoms. The Hall–Kier alpha value is -5.42. The molecule has 1 saturated carbocycles. The van der Waals surface area contributed by atoms with E-state index in [1.54, 1.807) is 0 Å². The Labute approximate surface area is 254 Å². The van der Waals surface area contributed by atoms with Crippen LogP contribution in [-0.4, -0.2) is 17.6 Å². The van der Waals surface area contributed by atoms with Gasteiger partial charge in [-0.15, -0.1) is 0 Å². The van der Waals surface area contributed by atoms with Crippen molar-refractivity contribution in [3.63, 3.8) is 0 Å². The summed E-state index contributed by atoms with van der Waals surface area (Å²) in [6.45, 7) is 0. The molecule has 2 bridgehead atoms. The zero-order valence-corrected chi connectivity index (χ0v) is 23.6. The van der Waals surface area contributed by atoms with Gasteiger partial charge in [0, 0.05) is 0 Å². The predicted octanol–water partition coefficient (Wildman–Crippen LogP) is 7.01. The van der Waals surface area contributed by atoms with Gasteiger partial charge in [-0.3, -0.25) is 14.4 Å². The number of fused-ring (bicyclic) bond motifs is 5. The summed E-state index contributed by atoms with van der Waals surface area (Å²) in [6, 6.07) is 43.7. The highest BCUT2D eigenvalue weighted by molar-refractivity contribution is 6.39. The van der Waals surface area contributed by atoms with E-state index in [1.165, 1.54) is 29.2 Å². The molecule has 5 heteroatoms. The van der Waals surface area contributed by atoms with Crippen LogP contribution in [0.2, 0.25) is 0 Å². The number of hydrogen-bond donors (Lipinski definition) is 0. The molecule has 212 valence electrons. The number of carbonyl (C=O) groups is 3. The van der Waals surface area contributed by atoms with Gasteiger partial charge in [0.1, 0.15) is 5.82 Å². The number of benzene rings is 5. The first-order valence-corrected chi connectivity index (χ1v) is 14.7. The average molecular weight is 576 g/mol. The van der Waals surface area contributed by atoms with E-state index < -0.39 is 40.3 Å². The van der Waals surface area contributed by atoms with Crippen molar-refractivity contribution >= 4 is 34.4 Å². The molecule has 3 aliphatic rings. The Morgan fingerprint density at radius 1 is 0.477 bits per heavy atom. The molecule has 0 spiro atoms. The fraction of sp³-hybridized carbons (Fsp3) is 0.103. The minimum absolute atomic E-state index is 0.171. The summed E-state index contributed by atoms with van der Waals surface area (Å²) in [5.74, 6) is -3.58. The molecule has 0 aromatic heterocycles. The lowest BCUT2D eigenvalue weighted by molar-refractivity contribution is -0.130. The average Bonchev–Trinajstić information content (AvgIpc) is 3.59. The molecule has 4 nitrogen and oxygen atoms in total. The summed E-state index contributed by atoms with van der Waals surface area (Å²) in [5, 5.41) is 0. The molecule has 0 N–H and O–H groups in total. The highest BCUT2D eigenvalue weighted by Gasteiger charge is 2.82. The summed E-state index contributed by atoms with van der Waals surface area (Å²) in [4.78, 5) is 46.6. The van der Waals surface area contributed by atoms with Gasteiger partial charge >= 0.3 is 0 Å². The minimum atomic E-state index is -1.46. The number of ketones is 1. The van der Waals surface area contributed by atoms with Gasteiger partial charge in [-0.2, -0.15) is 0 Å². The summed E-state index contributed by atoms with van der Waals surface area (Å²) in [7, 11) is 0. The van der Waals surface area contributed by atoms with Gasteiger partial charge in [0.2, 0.25) is 11.8 Å². The molecular formula is C39H26FNO3. The molecule has 2 fully saturated rings. The number of hydrogen-bond acceptors (Lipinski definition) is 3. The monoisotopic (exact) mass is 575 g/mol. The van der Waals surface area contributed by atoms with Gasteiger partial charge in [0.05, 0.1) is 28.4 Å². The van der Waals surface area contributed by atoms with Crippen molar-refractivity contribution in [2.45, 2.75) is 10.8 Å². The van der Waals surface area contributed by atoms with Crippen LogP contribution >= 0.6 is 0 Å². The summed E-state index contributed by atoms with van der Waals surface area (Å²) in [6.07, 6.45) is 0. The molecule has 0 unspecified atom stereocenters. The quantitative estimate of drug-likeness (QED) is 0.212. The smallest absolute Gasteiger partial charge is 0.239 e. The Morgan fingerprint density at radius 3 is 1.23 bits per heavy atom.